The van der Waals surface area contributed by atoms with Crippen LogP contribution in [0.3, 0.4) is 0 Å². The van der Waals surface area contributed by atoms with Crippen LogP contribution in [0.5, 0.6) is 0 Å². The Balaban J connectivity index is 2.68. The Morgan fingerprint density at radius 2 is 1.95 bits per heavy atom. The number of sulfonamides is 1. The van der Waals surface area contributed by atoms with Gasteiger partial charge in [-0.3, -0.25) is 0 Å². The molecule has 0 spiro atoms. The average Bonchev–Trinajstić information content (AvgIpc) is 2.35. The van der Waals surface area contributed by atoms with Crippen molar-refractivity contribution >= 4 is 15.7 Å². The second-order valence-corrected chi connectivity index (χ2v) is 6.40. The van der Waals surface area contributed by atoms with E-state index in [2.05, 4.69) is 4.72 Å². The minimum Gasteiger partial charge on any atom is -0.399 e. The second-order valence-electron chi connectivity index (χ2n) is 4.63. The molecule has 0 aliphatic heterocycles. The van der Waals surface area contributed by atoms with Gasteiger partial charge in [0.05, 0.1) is 10.5 Å². The first-order valence-corrected chi connectivity index (χ1v) is 7.32. The fourth-order valence-corrected chi connectivity index (χ4v) is 2.55. The largest absolute Gasteiger partial charge is 0.399 e. The lowest BCUT2D eigenvalue weighted by atomic mass is 10.0. The molecule has 0 fully saturated rings. The maximum atomic E-state index is 12.0. The van der Waals surface area contributed by atoms with Crippen LogP contribution in [0.25, 0.3) is 0 Å². The van der Waals surface area contributed by atoms with Crippen LogP contribution in [0.1, 0.15) is 13.3 Å². The molecule has 0 saturated heterocycles. The predicted octanol–water partition coefficient (Wildman–Crippen LogP) is 0.335. The zero-order valence-electron chi connectivity index (χ0n) is 11.1. The summed E-state index contributed by atoms with van der Waals surface area (Å²) in [4.78, 5) is 0.115. The molecule has 0 aromatic heterocycles. The first-order chi connectivity index (χ1) is 8.77. The summed E-state index contributed by atoms with van der Waals surface area (Å²) in [5, 5.41) is 9.97. The average molecular weight is 288 g/mol. The van der Waals surface area contributed by atoms with Gasteiger partial charge in [0.2, 0.25) is 10.0 Å². The predicted molar refractivity (Wildman–Crippen MR) is 73.2 cm³/mol. The van der Waals surface area contributed by atoms with Gasteiger partial charge in [0.15, 0.2) is 0 Å². The Kier molecular flexibility index (Phi) is 5.30. The van der Waals surface area contributed by atoms with Crippen molar-refractivity contribution in [2.24, 2.45) is 0 Å². The third-order valence-electron chi connectivity index (χ3n) is 2.68. The fraction of sp³-hybridized carbons (Fsp3) is 0.500. The molecule has 1 atom stereocenters. The number of rotatable bonds is 7. The molecule has 0 bridgehead atoms. The molecule has 0 amide bonds. The lowest BCUT2D eigenvalue weighted by molar-refractivity contribution is 0.0292. The van der Waals surface area contributed by atoms with E-state index in [1.54, 1.807) is 6.92 Å². The molecule has 4 N–H and O–H groups in total. The van der Waals surface area contributed by atoms with Crippen LogP contribution in [0.2, 0.25) is 0 Å². The molecule has 108 valence electrons. The van der Waals surface area contributed by atoms with Crippen LogP contribution >= 0.6 is 0 Å². The van der Waals surface area contributed by atoms with Crippen LogP contribution in [-0.4, -0.2) is 39.4 Å². The number of hydrogen-bond acceptors (Lipinski definition) is 5. The van der Waals surface area contributed by atoms with Gasteiger partial charge < -0.3 is 15.6 Å². The molecule has 0 saturated carbocycles. The highest BCUT2D eigenvalue weighted by Gasteiger charge is 2.23. The van der Waals surface area contributed by atoms with Gasteiger partial charge in [-0.2, -0.15) is 0 Å². The van der Waals surface area contributed by atoms with Crippen LogP contribution in [0.15, 0.2) is 29.2 Å². The van der Waals surface area contributed by atoms with E-state index in [1.807, 2.05) is 0 Å². The molecule has 1 aromatic carbocycles. The van der Waals surface area contributed by atoms with Gasteiger partial charge in [0.25, 0.3) is 0 Å². The maximum Gasteiger partial charge on any atom is 0.240 e. The number of methoxy groups -OCH3 is 1. The molecule has 19 heavy (non-hydrogen) atoms. The number of nitrogens with one attached hydrogen (secondary N) is 1. The van der Waals surface area contributed by atoms with E-state index in [0.717, 1.165) is 0 Å². The number of hydrogen-bond donors (Lipinski definition) is 3. The summed E-state index contributed by atoms with van der Waals surface area (Å²) in [7, 11) is -2.12. The van der Waals surface area contributed by atoms with Gasteiger partial charge in [-0.15, -0.1) is 0 Å². The number of aliphatic hydroxyl groups is 1. The van der Waals surface area contributed by atoms with E-state index in [-0.39, 0.29) is 11.4 Å². The van der Waals surface area contributed by atoms with Crippen LogP contribution in [0.4, 0.5) is 5.69 Å². The summed E-state index contributed by atoms with van der Waals surface area (Å²) >= 11 is 0. The minimum absolute atomic E-state index is 0.0803. The molecule has 0 aliphatic rings. The fourth-order valence-electron chi connectivity index (χ4n) is 1.39. The Bertz CT molecular complexity index is 497. The smallest absolute Gasteiger partial charge is 0.240 e. The van der Waals surface area contributed by atoms with E-state index in [0.29, 0.717) is 18.7 Å². The van der Waals surface area contributed by atoms with Gasteiger partial charge in [0.1, 0.15) is 0 Å². The molecule has 1 unspecified atom stereocenters. The molecular weight excluding hydrogens is 268 g/mol. The highest BCUT2D eigenvalue weighted by atomic mass is 32.2. The minimum atomic E-state index is -3.64. The first kappa shape index (κ1) is 15.9. The van der Waals surface area contributed by atoms with Crippen LogP contribution in [-0.2, 0) is 14.8 Å². The van der Waals surface area contributed by atoms with Crippen molar-refractivity contribution < 1.29 is 18.3 Å². The molecule has 0 heterocycles. The topological polar surface area (TPSA) is 102 Å². The standard InChI is InChI=1S/C12H20N2O4S/c1-12(15,7-8-18-2)9-14-19(16,17)11-5-3-10(13)4-6-11/h3-6,14-15H,7-9,13H2,1-2H3. The summed E-state index contributed by atoms with van der Waals surface area (Å²) < 4.78 is 31.2. The van der Waals surface area contributed by atoms with E-state index in [1.165, 1.54) is 31.4 Å². The third-order valence-corrected chi connectivity index (χ3v) is 4.10. The molecule has 1 aromatic rings. The van der Waals surface area contributed by atoms with Crippen molar-refractivity contribution in [2.75, 3.05) is 26.0 Å². The van der Waals surface area contributed by atoms with E-state index in [9.17, 15) is 13.5 Å². The van der Waals surface area contributed by atoms with Crippen molar-refractivity contribution in [1.29, 1.82) is 0 Å². The van der Waals surface area contributed by atoms with Crippen molar-refractivity contribution in [3.05, 3.63) is 24.3 Å². The van der Waals surface area contributed by atoms with Gasteiger partial charge in [-0.25, -0.2) is 13.1 Å². The molecular formula is C12H20N2O4S. The summed E-state index contributed by atoms with van der Waals surface area (Å²) in [6, 6.07) is 5.86. The quantitative estimate of drug-likeness (QED) is 0.628. The molecule has 7 heteroatoms. The van der Waals surface area contributed by atoms with E-state index >= 15 is 0 Å². The first-order valence-electron chi connectivity index (χ1n) is 5.83. The number of nitrogen functional groups attached to an aromatic ring is 1. The molecule has 0 radical (unpaired) electrons. The highest BCUT2D eigenvalue weighted by Crippen LogP contribution is 2.13. The number of ether oxygens (including phenoxy) is 1. The Morgan fingerprint density at radius 3 is 2.47 bits per heavy atom. The van der Waals surface area contributed by atoms with Gasteiger partial charge in [-0.05, 0) is 31.2 Å². The van der Waals surface area contributed by atoms with Crippen molar-refractivity contribution in [2.45, 2.75) is 23.8 Å². The van der Waals surface area contributed by atoms with Crippen molar-refractivity contribution in [3.63, 3.8) is 0 Å². The third kappa shape index (κ3) is 5.15. The monoisotopic (exact) mass is 288 g/mol. The summed E-state index contributed by atoms with van der Waals surface area (Å²) in [6.45, 7) is 1.83. The van der Waals surface area contributed by atoms with Gasteiger partial charge >= 0.3 is 0 Å². The highest BCUT2D eigenvalue weighted by molar-refractivity contribution is 7.89. The normalized spacial score (nSPS) is 15.1. The summed E-state index contributed by atoms with van der Waals surface area (Å²) in [5.74, 6) is 0. The Hall–Kier alpha value is -1.15. The summed E-state index contributed by atoms with van der Waals surface area (Å²) in [6.07, 6.45) is 0.341. The summed E-state index contributed by atoms with van der Waals surface area (Å²) in [5.41, 5.74) is 4.83. The Morgan fingerprint density at radius 1 is 1.37 bits per heavy atom. The van der Waals surface area contributed by atoms with Crippen molar-refractivity contribution in [3.8, 4) is 0 Å². The Labute approximate surface area is 113 Å². The number of anilines is 1. The number of nitrogens with two attached hydrogens (primary N) is 1. The van der Waals surface area contributed by atoms with E-state index < -0.39 is 15.6 Å². The molecule has 6 nitrogen and oxygen atoms in total. The zero-order valence-corrected chi connectivity index (χ0v) is 11.9. The molecule has 0 aliphatic carbocycles. The second kappa shape index (κ2) is 6.33. The lowest BCUT2D eigenvalue weighted by Gasteiger charge is -2.23. The number of benzene rings is 1. The zero-order chi connectivity index (χ0) is 14.5. The maximum absolute atomic E-state index is 12.0. The SMILES string of the molecule is COCCC(C)(O)CNS(=O)(=O)c1ccc(N)cc1. The van der Waals surface area contributed by atoms with Gasteiger partial charge in [0, 0.05) is 32.4 Å². The van der Waals surface area contributed by atoms with E-state index in [4.69, 9.17) is 10.5 Å². The van der Waals surface area contributed by atoms with Gasteiger partial charge in [-0.1, -0.05) is 0 Å². The van der Waals surface area contributed by atoms with Crippen LogP contribution in [0, 0.1) is 0 Å². The molecule has 1 rings (SSSR count). The lowest BCUT2D eigenvalue weighted by Crippen LogP contribution is -2.41. The van der Waals surface area contributed by atoms with Crippen LogP contribution < -0.4 is 10.5 Å². The van der Waals surface area contributed by atoms with Crippen molar-refractivity contribution in [1.82, 2.24) is 4.72 Å².